The fourth-order valence-corrected chi connectivity index (χ4v) is 2.54. The van der Waals surface area contributed by atoms with E-state index in [0.717, 1.165) is 11.3 Å². The van der Waals surface area contributed by atoms with E-state index < -0.39 is 5.56 Å². The summed E-state index contributed by atoms with van der Waals surface area (Å²) in [5.74, 6) is -0.676. The first kappa shape index (κ1) is 17.6. The number of anilines is 1. The number of nitrogens with one attached hydrogen (secondary N) is 2. The fraction of sp³-hybridized carbons (Fsp3) is 0.0556. The van der Waals surface area contributed by atoms with E-state index in [4.69, 9.17) is 12.2 Å². The average molecular weight is 370 g/mol. The van der Waals surface area contributed by atoms with Gasteiger partial charge in [0.1, 0.15) is 11.4 Å². The number of aromatic hydroxyl groups is 1. The molecule has 3 N–H and O–H groups in total. The van der Waals surface area contributed by atoms with Crippen LogP contribution >= 0.6 is 12.2 Å². The molecule has 3 rings (SSSR count). The molecule has 0 amide bonds. The van der Waals surface area contributed by atoms with Crippen LogP contribution in [-0.4, -0.2) is 20.9 Å². The quantitative estimate of drug-likeness (QED) is 0.366. The summed E-state index contributed by atoms with van der Waals surface area (Å²) in [5.41, 5.74) is 3.63. The van der Waals surface area contributed by atoms with Gasteiger partial charge in [-0.25, -0.2) is 4.39 Å². The van der Waals surface area contributed by atoms with Gasteiger partial charge in [-0.15, -0.1) is 0 Å². The predicted octanol–water partition coefficient (Wildman–Crippen LogP) is 3.24. The summed E-state index contributed by atoms with van der Waals surface area (Å²) in [6.07, 6.45) is 1.22. The first-order valence-electron chi connectivity index (χ1n) is 7.69. The number of hydrazone groups is 1. The van der Waals surface area contributed by atoms with Crippen molar-refractivity contribution in [2.24, 2.45) is 5.10 Å². The van der Waals surface area contributed by atoms with Crippen molar-refractivity contribution in [3.8, 4) is 5.88 Å². The lowest BCUT2D eigenvalue weighted by atomic mass is 10.2. The van der Waals surface area contributed by atoms with Crippen LogP contribution < -0.4 is 11.0 Å². The first-order chi connectivity index (χ1) is 12.5. The standard InChI is InChI=1S/C18H15FN4O2S/c19-13-8-6-12(7-9-13)11-23-17(25)15(16(24)21-18(23)26)10-20-22-14-4-2-1-3-5-14/h1-10,22,25H,11H2,(H,21,24,26)/b20-10+. The zero-order valence-electron chi connectivity index (χ0n) is 13.5. The normalized spacial score (nSPS) is 11.0. The van der Waals surface area contributed by atoms with Gasteiger partial charge in [0.15, 0.2) is 4.77 Å². The Morgan fingerprint density at radius 1 is 1.19 bits per heavy atom. The van der Waals surface area contributed by atoms with Crippen molar-refractivity contribution in [3.63, 3.8) is 0 Å². The SMILES string of the molecule is O=c1[nH]c(=S)n(Cc2ccc(F)cc2)c(O)c1/C=N/Nc1ccccc1. The van der Waals surface area contributed by atoms with Gasteiger partial charge in [0.2, 0.25) is 5.88 Å². The molecular weight excluding hydrogens is 355 g/mol. The van der Waals surface area contributed by atoms with E-state index in [0.29, 0.717) is 0 Å². The molecule has 0 radical (unpaired) electrons. The molecule has 6 nitrogen and oxygen atoms in total. The number of benzene rings is 2. The molecule has 0 aliphatic heterocycles. The van der Waals surface area contributed by atoms with E-state index >= 15 is 0 Å². The topological polar surface area (TPSA) is 82.4 Å². The van der Waals surface area contributed by atoms with Crippen LogP contribution in [0, 0.1) is 10.6 Å². The maximum atomic E-state index is 13.0. The van der Waals surface area contributed by atoms with Gasteiger partial charge in [-0.1, -0.05) is 30.3 Å². The molecule has 0 bridgehead atoms. The molecule has 0 aliphatic rings. The third-order valence-corrected chi connectivity index (χ3v) is 3.94. The summed E-state index contributed by atoms with van der Waals surface area (Å²) < 4.78 is 14.4. The van der Waals surface area contributed by atoms with Crippen LogP contribution in [0.25, 0.3) is 0 Å². The summed E-state index contributed by atoms with van der Waals surface area (Å²) >= 11 is 5.11. The third-order valence-electron chi connectivity index (χ3n) is 3.62. The van der Waals surface area contributed by atoms with Crippen LogP contribution in [0.5, 0.6) is 5.88 Å². The molecule has 0 spiro atoms. The Morgan fingerprint density at radius 2 is 1.88 bits per heavy atom. The van der Waals surface area contributed by atoms with Crippen molar-refractivity contribution in [3.05, 3.63) is 86.7 Å². The molecule has 132 valence electrons. The zero-order chi connectivity index (χ0) is 18.5. The minimum atomic E-state index is -0.554. The second-order valence-electron chi connectivity index (χ2n) is 5.45. The second-order valence-corrected chi connectivity index (χ2v) is 5.83. The molecule has 0 fully saturated rings. The Hall–Kier alpha value is -3.26. The molecule has 26 heavy (non-hydrogen) atoms. The zero-order valence-corrected chi connectivity index (χ0v) is 14.3. The van der Waals surface area contributed by atoms with Gasteiger partial charge in [-0.05, 0) is 42.0 Å². The number of halogens is 1. The minimum absolute atomic E-state index is 0.0378. The van der Waals surface area contributed by atoms with Crippen molar-refractivity contribution in [1.29, 1.82) is 0 Å². The van der Waals surface area contributed by atoms with Crippen molar-refractivity contribution in [2.75, 3.05) is 5.43 Å². The predicted molar refractivity (Wildman–Crippen MR) is 101 cm³/mol. The number of hydrogen-bond donors (Lipinski definition) is 3. The van der Waals surface area contributed by atoms with Gasteiger partial charge < -0.3 is 5.11 Å². The van der Waals surface area contributed by atoms with Gasteiger partial charge in [-0.2, -0.15) is 5.10 Å². The fourth-order valence-electron chi connectivity index (χ4n) is 2.29. The molecule has 0 saturated heterocycles. The van der Waals surface area contributed by atoms with Crippen molar-refractivity contribution >= 4 is 24.1 Å². The van der Waals surface area contributed by atoms with Crippen LogP contribution in [0.3, 0.4) is 0 Å². The molecule has 1 aromatic heterocycles. The lowest BCUT2D eigenvalue weighted by Crippen LogP contribution is -2.19. The van der Waals surface area contributed by atoms with Crippen LogP contribution in [0.4, 0.5) is 10.1 Å². The Bertz CT molecular complexity index is 1040. The van der Waals surface area contributed by atoms with E-state index in [1.165, 1.54) is 22.9 Å². The van der Waals surface area contributed by atoms with Crippen molar-refractivity contribution in [1.82, 2.24) is 9.55 Å². The maximum absolute atomic E-state index is 13.0. The summed E-state index contributed by atoms with van der Waals surface area (Å²) in [6.45, 7) is 0.175. The van der Waals surface area contributed by atoms with Crippen LogP contribution in [0.2, 0.25) is 0 Å². The van der Waals surface area contributed by atoms with Crippen LogP contribution in [0.15, 0.2) is 64.5 Å². The average Bonchev–Trinajstić information content (AvgIpc) is 2.64. The largest absolute Gasteiger partial charge is 0.494 e. The highest BCUT2D eigenvalue weighted by atomic mass is 32.1. The van der Waals surface area contributed by atoms with E-state index in [1.54, 1.807) is 12.1 Å². The monoisotopic (exact) mass is 370 g/mol. The molecule has 0 atom stereocenters. The lowest BCUT2D eigenvalue weighted by Gasteiger charge is -2.11. The Kier molecular flexibility index (Phi) is 5.23. The first-order valence-corrected chi connectivity index (χ1v) is 8.10. The van der Waals surface area contributed by atoms with Gasteiger partial charge >= 0.3 is 0 Å². The van der Waals surface area contributed by atoms with Gasteiger partial charge in [-0.3, -0.25) is 19.8 Å². The molecule has 1 heterocycles. The molecule has 0 saturated carbocycles. The third kappa shape index (κ3) is 4.04. The van der Waals surface area contributed by atoms with Crippen LogP contribution in [-0.2, 0) is 6.54 Å². The number of rotatable bonds is 5. The molecule has 3 aromatic rings. The van der Waals surface area contributed by atoms with Crippen LogP contribution in [0.1, 0.15) is 11.1 Å². The number of aromatic amines is 1. The lowest BCUT2D eigenvalue weighted by molar-refractivity contribution is 0.411. The highest BCUT2D eigenvalue weighted by Crippen LogP contribution is 2.15. The Morgan fingerprint density at radius 3 is 2.58 bits per heavy atom. The number of H-pyrrole nitrogens is 1. The molecule has 2 aromatic carbocycles. The Labute approximate surface area is 153 Å². The van der Waals surface area contributed by atoms with E-state index in [9.17, 15) is 14.3 Å². The smallest absolute Gasteiger partial charge is 0.264 e. The second kappa shape index (κ2) is 7.75. The van der Waals surface area contributed by atoms with Crippen molar-refractivity contribution in [2.45, 2.75) is 6.54 Å². The van der Waals surface area contributed by atoms with Gasteiger partial charge in [0.25, 0.3) is 5.56 Å². The Balaban J connectivity index is 1.90. The van der Waals surface area contributed by atoms with Crippen molar-refractivity contribution < 1.29 is 9.50 Å². The van der Waals surface area contributed by atoms with Gasteiger partial charge in [0, 0.05) is 0 Å². The number of hydrogen-bond acceptors (Lipinski definition) is 5. The molecular formula is C18H15FN4O2S. The molecule has 8 heteroatoms. The number of aromatic nitrogens is 2. The highest BCUT2D eigenvalue weighted by molar-refractivity contribution is 7.71. The number of nitrogens with zero attached hydrogens (tertiary/aromatic N) is 2. The summed E-state index contributed by atoms with van der Waals surface area (Å²) in [6, 6.07) is 14.9. The van der Waals surface area contributed by atoms with E-state index in [-0.39, 0.29) is 28.6 Å². The number of para-hydroxylation sites is 1. The highest BCUT2D eigenvalue weighted by Gasteiger charge is 2.11. The van der Waals surface area contributed by atoms with Gasteiger partial charge in [0.05, 0.1) is 18.4 Å². The molecule has 0 aliphatic carbocycles. The summed E-state index contributed by atoms with van der Waals surface area (Å²) in [7, 11) is 0. The summed E-state index contributed by atoms with van der Waals surface area (Å²) in [5, 5.41) is 14.4. The van der Waals surface area contributed by atoms with E-state index in [2.05, 4.69) is 15.5 Å². The maximum Gasteiger partial charge on any atom is 0.264 e. The van der Waals surface area contributed by atoms with E-state index in [1.807, 2.05) is 30.3 Å². The molecule has 0 unspecified atom stereocenters. The summed E-state index contributed by atoms with van der Waals surface area (Å²) in [4.78, 5) is 14.6. The minimum Gasteiger partial charge on any atom is -0.494 e.